The van der Waals surface area contributed by atoms with Crippen LogP contribution in [0.15, 0.2) is 15.9 Å². The molecule has 1 aliphatic heterocycles. The van der Waals surface area contributed by atoms with Gasteiger partial charge in [0.2, 0.25) is 0 Å². The molecule has 0 saturated carbocycles. The topological polar surface area (TPSA) is 54.5 Å². The molecule has 4 nitrogen and oxygen atoms in total. The Labute approximate surface area is 113 Å². The van der Waals surface area contributed by atoms with Crippen LogP contribution in [0.5, 0.6) is 0 Å². The van der Waals surface area contributed by atoms with Gasteiger partial charge in [-0.3, -0.25) is 4.79 Å². The Balaban J connectivity index is 2.11. The minimum absolute atomic E-state index is 0.0851. The van der Waals surface area contributed by atoms with Crippen LogP contribution in [0, 0.1) is 0 Å². The SMILES string of the molecule is CN(C(=O)c1ccc(Br)s1)C1CCS(=O)(=O)C1. The number of hydrogen-bond acceptors (Lipinski definition) is 4. The fourth-order valence-electron chi connectivity index (χ4n) is 1.85. The van der Waals surface area contributed by atoms with Crippen molar-refractivity contribution in [3.05, 3.63) is 20.8 Å². The Hall–Kier alpha value is -0.400. The van der Waals surface area contributed by atoms with Gasteiger partial charge in [0.05, 0.1) is 20.2 Å². The largest absolute Gasteiger partial charge is 0.337 e. The average molecular weight is 338 g/mol. The number of amides is 1. The summed E-state index contributed by atoms with van der Waals surface area (Å²) in [4.78, 5) is 14.2. The zero-order valence-electron chi connectivity index (χ0n) is 9.22. The Bertz CT molecular complexity index is 538. The van der Waals surface area contributed by atoms with E-state index in [4.69, 9.17) is 0 Å². The predicted molar refractivity (Wildman–Crippen MR) is 71.2 cm³/mol. The van der Waals surface area contributed by atoms with Crippen molar-refractivity contribution in [2.75, 3.05) is 18.6 Å². The van der Waals surface area contributed by atoms with E-state index in [1.807, 2.05) is 6.07 Å². The van der Waals surface area contributed by atoms with Gasteiger partial charge in [-0.15, -0.1) is 11.3 Å². The number of hydrogen-bond donors (Lipinski definition) is 0. The lowest BCUT2D eigenvalue weighted by atomic mass is 10.2. The van der Waals surface area contributed by atoms with Gasteiger partial charge >= 0.3 is 0 Å². The fraction of sp³-hybridized carbons (Fsp3) is 0.500. The molecule has 1 aromatic heterocycles. The van der Waals surface area contributed by atoms with Crippen molar-refractivity contribution < 1.29 is 13.2 Å². The lowest BCUT2D eigenvalue weighted by Gasteiger charge is -2.22. The number of rotatable bonds is 2. The number of carbonyl (C=O) groups is 1. The molecule has 0 N–H and O–H groups in total. The Morgan fingerprint density at radius 1 is 1.53 bits per heavy atom. The molecule has 1 unspecified atom stereocenters. The molecule has 7 heteroatoms. The minimum Gasteiger partial charge on any atom is -0.337 e. The Morgan fingerprint density at radius 3 is 2.71 bits per heavy atom. The van der Waals surface area contributed by atoms with Gasteiger partial charge in [-0.1, -0.05) is 0 Å². The molecule has 1 aliphatic rings. The van der Waals surface area contributed by atoms with E-state index in [1.54, 1.807) is 18.0 Å². The number of carbonyl (C=O) groups excluding carboxylic acids is 1. The minimum atomic E-state index is -2.95. The van der Waals surface area contributed by atoms with Crippen LogP contribution in [0.2, 0.25) is 0 Å². The van der Waals surface area contributed by atoms with Gasteiger partial charge in [0.1, 0.15) is 0 Å². The van der Waals surface area contributed by atoms with Crippen molar-refractivity contribution >= 4 is 43.0 Å². The lowest BCUT2D eigenvalue weighted by molar-refractivity contribution is 0.0752. The van der Waals surface area contributed by atoms with E-state index >= 15 is 0 Å². The van der Waals surface area contributed by atoms with E-state index in [0.29, 0.717) is 11.3 Å². The average Bonchev–Trinajstić information content (AvgIpc) is 2.82. The number of thiophene rings is 1. The van der Waals surface area contributed by atoms with Crippen LogP contribution in [-0.4, -0.2) is 43.8 Å². The molecule has 1 amide bonds. The summed E-state index contributed by atoms with van der Waals surface area (Å²) in [5, 5.41) is 0. The van der Waals surface area contributed by atoms with Crippen LogP contribution >= 0.6 is 27.3 Å². The molecule has 0 radical (unpaired) electrons. The van der Waals surface area contributed by atoms with Crippen LogP contribution < -0.4 is 0 Å². The van der Waals surface area contributed by atoms with Crippen LogP contribution in [0.3, 0.4) is 0 Å². The predicted octanol–water partition coefficient (Wildman–Crippen LogP) is 1.77. The van der Waals surface area contributed by atoms with Crippen molar-refractivity contribution in [3.63, 3.8) is 0 Å². The van der Waals surface area contributed by atoms with Crippen LogP contribution in [0.25, 0.3) is 0 Å². The van der Waals surface area contributed by atoms with E-state index in [1.165, 1.54) is 11.3 Å². The first-order valence-electron chi connectivity index (χ1n) is 5.12. The van der Waals surface area contributed by atoms with Crippen molar-refractivity contribution in [2.24, 2.45) is 0 Å². The lowest BCUT2D eigenvalue weighted by Crippen LogP contribution is -2.37. The highest BCUT2D eigenvalue weighted by Gasteiger charge is 2.33. The summed E-state index contributed by atoms with van der Waals surface area (Å²) in [5.74, 6) is 0.161. The first-order chi connectivity index (χ1) is 7.89. The van der Waals surface area contributed by atoms with Gasteiger partial charge in [0, 0.05) is 13.1 Å². The van der Waals surface area contributed by atoms with E-state index in [9.17, 15) is 13.2 Å². The van der Waals surface area contributed by atoms with E-state index in [0.717, 1.165) is 3.79 Å². The van der Waals surface area contributed by atoms with Gasteiger partial charge in [-0.05, 0) is 34.5 Å². The van der Waals surface area contributed by atoms with Gasteiger partial charge < -0.3 is 4.90 Å². The van der Waals surface area contributed by atoms with E-state index < -0.39 is 9.84 Å². The maximum absolute atomic E-state index is 12.1. The molecule has 0 spiro atoms. The zero-order valence-corrected chi connectivity index (χ0v) is 12.4. The van der Waals surface area contributed by atoms with Gasteiger partial charge in [0.15, 0.2) is 9.84 Å². The standard InChI is InChI=1S/C10H12BrNO3S2/c1-12(7-4-5-17(14,15)6-7)10(13)8-2-3-9(11)16-8/h2-3,7H,4-6H2,1H3. The second-order valence-electron chi connectivity index (χ2n) is 4.08. The molecule has 0 aliphatic carbocycles. The number of sulfone groups is 1. The molecule has 1 atom stereocenters. The first-order valence-corrected chi connectivity index (χ1v) is 8.55. The molecule has 1 saturated heterocycles. The molecular formula is C10H12BrNO3S2. The second kappa shape index (κ2) is 4.70. The highest BCUT2D eigenvalue weighted by Crippen LogP contribution is 2.25. The fourth-order valence-corrected chi connectivity index (χ4v) is 4.99. The van der Waals surface area contributed by atoms with Gasteiger partial charge in [-0.25, -0.2) is 8.42 Å². The monoisotopic (exact) mass is 337 g/mol. The van der Waals surface area contributed by atoms with Crippen molar-refractivity contribution in [1.29, 1.82) is 0 Å². The molecule has 0 bridgehead atoms. The first kappa shape index (κ1) is 13.0. The second-order valence-corrected chi connectivity index (χ2v) is 8.77. The third-order valence-electron chi connectivity index (χ3n) is 2.86. The van der Waals surface area contributed by atoms with Gasteiger partial charge in [-0.2, -0.15) is 0 Å². The summed E-state index contributed by atoms with van der Waals surface area (Å²) in [6.45, 7) is 0. The molecular weight excluding hydrogens is 326 g/mol. The summed E-state index contributed by atoms with van der Waals surface area (Å²) in [6.07, 6.45) is 0.539. The molecule has 17 heavy (non-hydrogen) atoms. The summed E-state index contributed by atoms with van der Waals surface area (Å²) in [6, 6.07) is 3.38. The number of nitrogens with zero attached hydrogens (tertiary/aromatic N) is 1. The Kier molecular flexibility index (Phi) is 3.61. The molecule has 2 rings (SSSR count). The van der Waals surface area contributed by atoms with Crippen LogP contribution in [0.4, 0.5) is 0 Å². The van der Waals surface area contributed by atoms with Crippen LogP contribution in [0.1, 0.15) is 16.1 Å². The van der Waals surface area contributed by atoms with Crippen molar-refractivity contribution in [3.8, 4) is 0 Å². The zero-order chi connectivity index (χ0) is 12.6. The molecule has 94 valence electrons. The molecule has 2 heterocycles. The normalized spacial score (nSPS) is 22.6. The third kappa shape index (κ3) is 2.89. The maximum atomic E-state index is 12.1. The van der Waals surface area contributed by atoms with Crippen molar-refractivity contribution in [1.82, 2.24) is 4.90 Å². The quantitative estimate of drug-likeness (QED) is 0.826. The highest BCUT2D eigenvalue weighted by molar-refractivity contribution is 9.11. The van der Waals surface area contributed by atoms with Gasteiger partial charge in [0.25, 0.3) is 5.91 Å². The Morgan fingerprint density at radius 2 is 2.24 bits per heavy atom. The summed E-state index contributed by atoms with van der Waals surface area (Å²) < 4.78 is 23.6. The summed E-state index contributed by atoms with van der Waals surface area (Å²) in [5.41, 5.74) is 0. The highest BCUT2D eigenvalue weighted by atomic mass is 79.9. The molecule has 1 aromatic rings. The van der Waals surface area contributed by atoms with E-state index in [2.05, 4.69) is 15.9 Å². The van der Waals surface area contributed by atoms with E-state index in [-0.39, 0.29) is 23.5 Å². The maximum Gasteiger partial charge on any atom is 0.263 e. The number of halogens is 1. The molecule has 0 aromatic carbocycles. The summed E-state index contributed by atoms with van der Waals surface area (Å²) in [7, 11) is -1.28. The molecule has 1 fully saturated rings. The third-order valence-corrected chi connectivity index (χ3v) is 6.22. The van der Waals surface area contributed by atoms with Crippen molar-refractivity contribution in [2.45, 2.75) is 12.5 Å². The summed E-state index contributed by atoms with van der Waals surface area (Å²) >= 11 is 4.66. The van der Waals surface area contributed by atoms with Crippen LogP contribution in [-0.2, 0) is 9.84 Å². The smallest absolute Gasteiger partial charge is 0.263 e.